The van der Waals surface area contributed by atoms with Crippen LogP contribution in [0, 0.1) is 0 Å². The van der Waals surface area contributed by atoms with E-state index in [-0.39, 0.29) is 0 Å². The molecule has 0 saturated heterocycles. The zero-order chi connectivity index (χ0) is 4.83. The number of hydrogen-bond acceptors (Lipinski definition) is 1. The molecule has 0 aliphatic rings. The van der Waals surface area contributed by atoms with E-state index in [4.69, 9.17) is 11.8 Å². The van der Waals surface area contributed by atoms with E-state index >= 15 is 0 Å². The maximum Gasteiger partial charge on any atom is 0.0361 e. The molecule has 1 nitrogen and oxygen atoms in total. The molecule has 0 unspecified atom stereocenters. The average molecular weight is 106 g/mol. The summed E-state index contributed by atoms with van der Waals surface area (Å²) in [5.41, 5.74) is 0. The van der Waals surface area contributed by atoms with E-state index in [0.29, 0.717) is 0 Å². The van der Waals surface area contributed by atoms with E-state index in [2.05, 4.69) is 11.4 Å². The molecule has 0 N–H and O–H groups in total. The maximum absolute atomic E-state index is 4.95. The summed E-state index contributed by atoms with van der Waals surface area (Å²) in [5.74, 6) is 0. The molecule has 0 aliphatic heterocycles. The molecule has 0 aromatic carbocycles. The number of unbranched alkanes of at least 4 members (excludes halogenated alkanes) is 1. The Morgan fingerprint density at radius 1 is 1.83 bits per heavy atom. The van der Waals surface area contributed by atoms with Gasteiger partial charge in [-0.15, -0.1) is 0 Å². The normalized spacial score (nSPS) is 10.3. The highest BCUT2D eigenvalue weighted by atomic mass is 35.5. The van der Waals surface area contributed by atoms with Gasteiger partial charge in [-0.05, 0) is 6.42 Å². The van der Waals surface area contributed by atoms with Crippen molar-refractivity contribution in [3.63, 3.8) is 0 Å². The van der Waals surface area contributed by atoms with Crippen LogP contribution < -0.4 is 0 Å². The summed E-state index contributed by atoms with van der Waals surface area (Å²) in [6, 6.07) is 0. The van der Waals surface area contributed by atoms with Crippen LogP contribution >= 0.6 is 11.8 Å². The van der Waals surface area contributed by atoms with Gasteiger partial charge >= 0.3 is 0 Å². The standard InChI is InChI=1S/C4H8ClN/c1-2-3-4-6-5/h4H,2-3H2,1H3. The van der Waals surface area contributed by atoms with Crippen molar-refractivity contribution < 1.29 is 0 Å². The first-order valence-corrected chi connectivity index (χ1v) is 2.38. The highest BCUT2D eigenvalue weighted by molar-refractivity contribution is 6.17. The lowest BCUT2D eigenvalue weighted by molar-refractivity contribution is 1.01. The van der Waals surface area contributed by atoms with E-state index < -0.39 is 0 Å². The first-order valence-electron chi connectivity index (χ1n) is 2.04. The van der Waals surface area contributed by atoms with Crippen LogP contribution in [0.3, 0.4) is 0 Å². The van der Waals surface area contributed by atoms with Crippen LogP contribution in [-0.4, -0.2) is 6.21 Å². The summed E-state index contributed by atoms with van der Waals surface area (Å²) in [6.45, 7) is 2.08. The molecule has 0 aromatic rings. The van der Waals surface area contributed by atoms with Crippen LogP contribution in [0.1, 0.15) is 19.8 Å². The molecule has 0 atom stereocenters. The SMILES string of the molecule is CCCC=NCl. The average Bonchev–Trinajstić information content (AvgIpc) is 1.61. The highest BCUT2D eigenvalue weighted by Crippen LogP contribution is 1.81. The van der Waals surface area contributed by atoms with E-state index in [1.807, 2.05) is 0 Å². The summed E-state index contributed by atoms with van der Waals surface area (Å²) in [4.78, 5) is 0. The Bertz CT molecular complexity index is 42.8. The zero-order valence-corrected chi connectivity index (χ0v) is 4.57. The molecule has 0 amide bonds. The lowest BCUT2D eigenvalue weighted by atomic mass is 10.4. The van der Waals surface area contributed by atoms with Crippen molar-refractivity contribution in [3.8, 4) is 0 Å². The summed E-state index contributed by atoms with van der Waals surface area (Å²) < 4.78 is 3.27. The topological polar surface area (TPSA) is 12.4 Å². The Labute approximate surface area is 43.1 Å². The Hall–Kier alpha value is -0.0400. The molecule has 0 heterocycles. The molecule has 0 fully saturated rings. The predicted molar refractivity (Wildman–Crippen MR) is 29.3 cm³/mol. The lowest BCUT2D eigenvalue weighted by Gasteiger charge is -1.74. The number of hydrogen-bond donors (Lipinski definition) is 0. The first-order chi connectivity index (χ1) is 2.91. The fourth-order valence-electron chi connectivity index (χ4n) is 0.178. The predicted octanol–water partition coefficient (Wildman–Crippen LogP) is 2.01. The molecule has 0 spiro atoms. The third-order valence-electron chi connectivity index (χ3n) is 0.487. The van der Waals surface area contributed by atoms with Crippen molar-refractivity contribution in [2.75, 3.05) is 0 Å². The molecule has 0 bridgehead atoms. The summed E-state index contributed by atoms with van der Waals surface area (Å²) in [6.07, 6.45) is 3.81. The molecular weight excluding hydrogens is 97.5 g/mol. The van der Waals surface area contributed by atoms with Gasteiger partial charge in [0.05, 0.1) is 0 Å². The molecule has 0 aromatic heterocycles. The smallest absolute Gasteiger partial charge is 0.0361 e. The van der Waals surface area contributed by atoms with Gasteiger partial charge in [0, 0.05) is 18.0 Å². The largest absolute Gasteiger partial charge is 0.191 e. The Balaban J connectivity index is 2.66. The summed E-state index contributed by atoms with van der Waals surface area (Å²) >= 11 is 4.95. The van der Waals surface area contributed by atoms with Crippen molar-refractivity contribution in [2.24, 2.45) is 4.51 Å². The number of rotatable bonds is 2. The molecule has 0 aliphatic carbocycles. The zero-order valence-electron chi connectivity index (χ0n) is 3.82. The lowest BCUT2D eigenvalue weighted by Crippen LogP contribution is -1.65. The van der Waals surface area contributed by atoms with Crippen LogP contribution in [-0.2, 0) is 0 Å². The Kier molecular flexibility index (Phi) is 4.93. The molecule has 0 saturated carbocycles. The van der Waals surface area contributed by atoms with Gasteiger partial charge in [-0.25, -0.2) is 0 Å². The second-order valence-electron chi connectivity index (χ2n) is 1.07. The van der Waals surface area contributed by atoms with Gasteiger partial charge in [-0.1, -0.05) is 13.3 Å². The summed E-state index contributed by atoms with van der Waals surface area (Å²) in [5, 5.41) is 0. The van der Waals surface area contributed by atoms with Crippen LogP contribution in [0.2, 0.25) is 0 Å². The Morgan fingerprint density at radius 2 is 2.50 bits per heavy atom. The minimum Gasteiger partial charge on any atom is -0.191 e. The van der Waals surface area contributed by atoms with E-state index in [1.165, 1.54) is 0 Å². The van der Waals surface area contributed by atoms with Gasteiger partial charge in [-0.2, -0.15) is 4.51 Å². The molecular formula is C4H8ClN. The minimum absolute atomic E-state index is 0.990. The maximum atomic E-state index is 4.95. The fraction of sp³-hybridized carbons (Fsp3) is 0.750. The molecule has 2 heteroatoms. The minimum atomic E-state index is 0.990. The van der Waals surface area contributed by atoms with E-state index in [0.717, 1.165) is 12.8 Å². The van der Waals surface area contributed by atoms with Crippen LogP contribution in [0.15, 0.2) is 4.51 Å². The van der Waals surface area contributed by atoms with Gasteiger partial charge in [-0.3, -0.25) is 0 Å². The second kappa shape index (κ2) is 4.96. The third-order valence-corrected chi connectivity index (χ3v) is 0.625. The van der Waals surface area contributed by atoms with Gasteiger partial charge in [0.15, 0.2) is 0 Å². The van der Waals surface area contributed by atoms with Gasteiger partial charge < -0.3 is 0 Å². The monoisotopic (exact) mass is 105 g/mol. The fourth-order valence-corrected chi connectivity index (χ4v) is 0.275. The van der Waals surface area contributed by atoms with E-state index in [1.54, 1.807) is 6.21 Å². The van der Waals surface area contributed by atoms with Gasteiger partial charge in [0.1, 0.15) is 0 Å². The van der Waals surface area contributed by atoms with Crippen molar-refractivity contribution in [3.05, 3.63) is 0 Å². The first kappa shape index (κ1) is 5.96. The van der Waals surface area contributed by atoms with Crippen molar-refractivity contribution >= 4 is 18.0 Å². The van der Waals surface area contributed by atoms with Gasteiger partial charge in [0.25, 0.3) is 0 Å². The van der Waals surface area contributed by atoms with Crippen molar-refractivity contribution in [2.45, 2.75) is 19.8 Å². The number of halogens is 1. The molecule has 6 heavy (non-hydrogen) atoms. The number of nitrogens with zero attached hydrogens (tertiary/aromatic N) is 1. The quantitative estimate of drug-likeness (QED) is 0.477. The second-order valence-corrected chi connectivity index (χ2v) is 1.26. The van der Waals surface area contributed by atoms with Crippen LogP contribution in [0.25, 0.3) is 0 Å². The highest BCUT2D eigenvalue weighted by Gasteiger charge is 1.67. The molecule has 0 radical (unpaired) electrons. The Morgan fingerprint density at radius 3 is 2.67 bits per heavy atom. The third kappa shape index (κ3) is 3.96. The van der Waals surface area contributed by atoms with Crippen molar-refractivity contribution in [1.29, 1.82) is 0 Å². The van der Waals surface area contributed by atoms with Crippen LogP contribution in [0.5, 0.6) is 0 Å². The van der Waals surface area contributed by atoms with E-state index in [9.17, 15) is 0 Å². The van der Waals surface area contributed by atoms with Crippen molar-refractivity contribution in [1.82, 2.24) is 0 Å². The summed E-state index contributed by atoms with van der Waals surface area (Å²) in [7, 11) is 0. The van der Waals surface area contributed by atoms with Crippen LogP contribution in [0.4, 0.5) is 0 Å². The molecule has 0 rings (SSSR count). The molecule has 36 valence electrons. The van der Waals surface area contributed by atoms with Gasteiger partial charge in [0.2, 0.25) is 0 Å².